The fourth-order valence-electron chi connectivity index (χ4n) is 1.77. The fourth-order valence-corrected chi connectivity index (χ4v) is 1.77. The van der Waals surface area contributed by atoms with E-state index in [-0.39, 0.29) is 12.4 Å². The van der Waals surface area contributed by atoms with Crippen LogP contribution in [0.15, 0.2) is 30.6 Å². The van der Waals surface area contributed by atoms with Gasteiger partial charge in [0.2, 0.25) is 5.82 Å². The lowest BCUT2D eigenvalue weighted by atomic mass is 10.1. The van der Waals surface area contributed by atoms with Crippen molar-refractivity contribution in [2.45, 2.75) is 12.6 Å². The summed E-state index contributed by atoms with van der Waals surface area (Å²) in [6.07, 6.45) is 0.519. The highest BCUT2D eigenvalue weighted by atomic mass is 16.5. The van der Waals surface area contributed by atoms with Crippen molar-refractivity contribution < 1.29 is 14.6 Å². The van der Waals surface area contributed by atoms with Gasteiger partial charge < -0.3 is 9.84 Å². The Kier molecular flexibility index (Phi) is 4.28. The van der Waals surface area contributed by atoms with E-state index in [2.05, 4.69) is 10.1 Å². The molecule has 8 nitrogen and oxygen atoms in total. The Hall–Kier alpha value is -2.45. The monoisotopic (exact) mass is 277 g/mol. The third-order valence-electron chi connectivity index (χ3n) is 2.73. The van der Waals surface area contributed by atoms with Crippen molar-refractivity contribution in [3.8, 4) is 5.75 Å². The minimum atomic E-state index is -0.832. The highest BCUT2D eigenvalue weighted by Crippen LogP contribution is 2.25. The minimum absolute atomic E-state index is 0.0558. The van der Waals surface area contributed by atoms with Crippen LogP contribution in [-0.2, 0) is 6.54 Å². The molecule has 20 heavy (non-hydrogen) atoms. The number of benzene rings is 1. The minimum Gasteiger partial charge on any atom is -0.496 e. The van der Waals surface area contributed by atoms with Crippen molar-refractivity contribution in [1.29, 1.82) is 0 Å². The molecule has 0 bridgehead atoms. The first-order chi connectivity index (χ1) is 9.65. The summed E-state index contributed by atoms with van der Waals surface area (Å²) in [5.74, 6) is 4.93. The number of methoxy groups -OCH3 is 1. The maximum atomic E-state index is 11.2. The molecule has 1 heterocycles. The van der Waals surface area contributed by atoms with E-state index in [4.69, 9.17) is 10.6 Å². The van der Waals surface area contributed by atoms with Gasteiger partial charge in [0, 0.05) is 5.56 Å². The topological polar surface area (TPSA) is 115 Å². The van der Waals surface area contributed by atoms with Crippen molar-refractivity contribution >= 4 is 5.91 Å². The number of carbonyl (C=O) groups excluding carboxylic acids is 1. The maximum absolute atomic E-state index is 11.2. The zero-order chi connectivity index (χ0) is 14.5. The number of hydrogen-bond acceptors (Lipinski definition) is 6. The summed E-state index contributed by atoms with van der Waals surface area (Å²) in [4.78, 5) is 15.0. The lowest BCUT2D eigenvalue weighted by Crippen LogP contribution is -2.31. The first kappa shape index (κ1) is 14.0. The number of ether oxygens (including phenoxy) is 1. The first-order valence-corrected chi connectivity index (χ1v) is 5.87. The van der Waals surface area contributed by atoms with Crippen LogP contribution >= 0.6 is 0 Å². The Labute approximate surface area is 115 Å². The van der Waals surface area contributed by atoms with E-state index >= 15 is 0 Å². The average Bonchev–Trinajstić information content (AvgIpc) is 2.94. The van der Waals surface area contributed by atoms with E-state index in [1.54, 1.807) is 18.2 Å². The van der Waals surface area contributed by atoms with Crippen LogP contribution in [0.2, 0.25) is 0 Å². The molecule has 0 radical (unpaired) electrons. The van der Waals surface area contributed by atoms with Crippen LogP contribution in [-0.4, -0.2) is 32.9 Å². The molecule has 106 valence electrons. The third kappa shape index (κ3) is 2.92. The first-order valence-electron chi connectivity index (χ1n) is 5.87. The molecule has 0 unspecified atom stereocenters. The number of rotatable bonds is 5. The van der Waals surface area contributed by atoms with Gasteiger partial charge in [0.15, 0.2) is 0 Å². The zero-order valence-corrected chi connectivity index (χ0v) is 10.9. The number of carbonyl (C=O) groups is 1. The molecule has 0 saturated carbocycles. The van der Waals surface area contributed by atoms with Gasteiger partial charge in [-0.1, -0.05) is 18.2 Å². The van der Waals surface area contributed by atoms with E-state index in [1.807, 2.05) is 11.5 Å². The SMILES string of the molecule is COc1ccccc1[C@@H](O)Cn1cnc(C(=O)NN)n1. The normalized spacial score (nSPS) is 11.9. The van der Waals surface area contributed by atoms with Crippen molar-refractivity contribution in [1.82, 2.24) is 20.2 Å². The second-order valence-electron chi connectivity index (χ2n) is 4.02. The summed E-state index contributed by atoms with van der Waals surface area (Å²) in [6.45, 7) is 0.144. The van der Waals surface area contributed by atoms with Gasteiger partial charge >= 0.3 is 5.91 Å². The highest BCUT2D eigenvalue weighted by Gasteiger charge is 2.15. The number of amides is 1. The van der Waals surface area contributed by atoms with Crippen LogP contribution < -0.4 is 16.0 Å². The summed E-state index contributed by atoms with van der Waals surface area (Å²) in [5.41, 5.74) is 2.57. The number of nitrogens with two attached hydrogens (primary N) is 1. The van der Waals surface area contributed by atoms with Gasteiger partial charge in [0.25, 0.3) is 0 Å². The summed E-state index contributed by atoms with van der Waals surface area (Å²) in [5, 5.41) is 14.1. The molecule has 0 aliphatic carbocycles. The van der Waals surface area contributed by atoms with Crippen LogP contribution in [0, 0.1) is 0 Å². The summed E-state index contributed by atoms with van der Waals surface area (Å²) in [6, 6.07) is 7.13. The third-order valence-corrected chi connectivity index (χ3v) is 2.73. The van der Waals surface area contributed by atoms with Crippen molar-refractivity contribution in [3.05, 3.63) is 42.0 Å². The quantitative estimate of drug-likeness (QED) is 0.390. The lowest BCUT2D eigenvalue weighted by Gasteiger charge is -2.14. The number of nitrogens with zero attached hydrogens (tertiary/aromatic N) is 3. The number of hydrogen-bond donors (Lipinski definition) is 3. The number of aliphatic hydroxyl groups is 1. The average molecular weight is 277 g/mol. The molecule has 1 amide bonds. The molecule has 8 heteroatoms. The summed E-state index contributed by atoms with van der Waals surface area (Å²) in [7, 11) is 1.53. The second kappa shape index (κ2) is 6.13. The zero-order valence-electron chi connectivity index (χ0n) is 10.9. The Balaban J connectivity index is 2.13. The summed E-state index contributed by atoms with van der Waals surface area (Å²) < 4.78 is 6.54. The summed E-state index contributed by atoms with van der Waals surface area (Å²) >= 11 is 0. The lowest BCUT2D eigenvalue weighted by molar-refractivity contribution is 0.0941. The van der Waals surface area contributed by atoms with Gasteiger partial charge in [0.05, 0.1) is 13.7 Å². The van der Waals surface area contributed by atoms with E-state index in [0.29, 0.717) is 11.3 Å². The number of nitrogen functional groups attached to an aromatic ring is 1. The van der Waals surface area contributed by atoms with E-state index in [9.17, 15) is 9.90 Å². The Bertz CT molecular complexity index is 598. The van der Waals surface area contributed by atoms with Gasteiger partial charge in [-0.3, -0.25) is 10.2 Å². The van der Waals surface area contributed by atoms with Gasteiger partial charge in [0.1, 0.15) is 18.2 Å². The maximum Gasteiger partial charge on any atom is 0.304 e. The number of nitrogens with one attached hydrogen (secondary N) is 1. The molecular formula is C12H15N5O3. The van der Waals surface area contributed by atoms with E-state index in [0.717, 1.165) is 0 Å². The van der Waals surface area contributed by atoms with E-state index in [1.165, 1.54) is 18.1 Å². The van der Waals surface area contributed by atoms with Gasteiger partial charge in [-0.25, -0.2) is 15.5 Å². The van der Waals surface area contributed by atoms with Crippen LogP contribution in [0.25, 0.3) is 0 Å². The molecular weight excluding hydrogens is 262 g/mol. The number of aromatic nitrogens is 3. The molecule has 4 N–H and O–H groups in total. The molecule has 1 aromatic carbocycles. The van der Waals surface area contributed by atoms with Crippen LogP contribution in [0.5, 0.6) is 5.75 Å². The van der Waals surface area contributed by atoms with E-state index < -0.39 is 12.0 Å². The largest absolute Gasteiger partial charge is 0.496 e. The molecule has 1 aromatic heterocycles. The number of hydrazine groups is 1. The smallest absolute Gasteiger partial charge is 0.304 e. The second-order valence-corrected chi connectivity index (χ2v) is 4.02. The van der Waals surface area contributed by atoms with Crippen molar-refractivity contribution in [2.24, 2.45) is 5.84 Å². The molecule has 0 aliphatic heterocycles. The molecule has 0 spiro atoms. The molecule has 1 atom stereocenters. The standard InChI is InChI=1S/C12H15N5O3/c1-20-10-5-3-2-4-8(10)9(18)6-17-7-14-11(16-17)12(19)15-13/h2-5,7,9,18H,6,13H2,1H3,(H,15,19)/t9-/m0/s1. The van der Waals surface area contributed by atoms with Gasteiger partial charge in [-0.2, -0.15) is 0 Å². The molecule has 2 aromatic rings. The highest BCUT2D eigenvalue weighted by molar-refractivity contribution is 5.89. The molecule has 0 aliphatic rings. The Morgan fingerprint density at radius 2 is 2.30 bits per heavy atom. The Morgan fingerprint density at radius 3 is 3.00 bits per heavy atom. The van der Waals surface area contributed by atoms with Crippen LogP contribution in [0.4, 0.5) is 0 Å². The van der Waals surface area contributed by atoms with Crippen molar-refractivity contribution in [2.75, 3.05) is 7.11 Å². The Morgan fingerprint density at radius 1 is 1.55 bits per heavy atom. The van der Waals surface area contributed by atoms with Gasteiger partial charge in [-0.05, 0) is 6.07 Å². The number of aliphatic hydroxyl groups excluding tert-OH is 1. The molecule has 0 fully saturated rings. The fraction of sp³-hybridized carbons (Fsp3) is 0.250. The van der Waals surface area contributed by atoms with Crippen LogP contribution in [0.1, 0.15) is 22.3 Å². The van der Waals surface area contributed by atoms with Crippen molar-refractivity contribution in [3.63, 3.8) is 0 Å². The predicted molar refractivity (Wildman–Crippen MR) is 69.6 cm³/mol. The molecule has 2 rings (SSSR count). The molecule has 0 saturated heterocycles. The predicted octanol–water partition coefficient (Wildman–Crippen LogP) is -0.376. The van der Waals surface area contributed by atoms with Gasteiger partial charge in [-0.15, -0.1) is 5.10 Å². The van der Waals surface area contributed by atoms with Crippen LogP contribution in [0.3, 0.4) is 0 Å². The number of para-hydroxylation sites is 1.